The fourth-order valence-corrected chi connectivity index (χ4v) is 5.86. The Morgan fingerprint density at radius 3 is 2.43 bits per heavy atom. The number of aromatic nitrogens is 1. The standard InChI is InChI=1S/C20H30N4O5S/c1-22(15-16-6-11-28-12-7-16)17-4-8-23(9-5-17)30(26,27)18-2-3-19(21-14-18)24-10-13-29-20(24)25/h2-3,14,16-17H,4-13,15H2,1H3. The van der Waals surface area contributed by atoms with Gasteiger partial charge in [0.05, 0.1) is 6.54 Å². The summed E-state index contributed by atoms with van der Waals surface area (Å²) >= 11 is 0. The number of pyridine rings is 1. The van der Waals surface area contributed by atoms with E-state index < -0.39 is 16.1 Å². The summed E-state index contributed by atoms with van der Waals surface area (Å²) in [6, 6.07) is 3.49. The highest BCUT2D eigenvalue weighted by Gasteiger charge is 2.32. The first-order valence-corrected chi connectivity index (χ1v) is 12.1. The lowest BCUT2D eigenvalue weighted by Crippen LogP contribution is -2.46. The van der Waals surface area contributed by atoms with Crippen LogP contribution in [-0.4, -0.2) is 87.8 Å². The SMILES string of the molecule is CN(CC1CCOCC1)C1CCN(S(=O)(=O)c2ccc(N3CCOC3=O)nc2)CC1. The monoisotopic (exact) mass is 438 g/mol. The Bertz CT molecular complexity index is 833. The summed E-state index contributed by atoms with van der Waals surface area (Å²) in [5.41, 5.74) is 0. The summed E-state index contributed by atoms with van der Waals surface area (Å²) in [6.45, 7) is 4.50. The van der Waals surface area contributed by atoms with Crippen LogP contribution in [0.1, 0.15) is 25.7 Å². The molecule has 10 heteroatoms. The van der Waals surface area contributed by atoms with Gasteiger partial charge in [0.2, 0.25) is 10.0 Å². The van der Waals surface area contributed by atoms with Crippen molar-refractivity contribution >= 4 is 21.9 Å². The third-order valence-corrected chi connectivity index (χ3v) is 8.21. The van der Waals surface area contributed by atoms with E-state index in [1.807, 2.05) is 0 Å². The summed E-state index contributed by atoms with van der Waals surface area (Å²) in [5, 5.41) is 0. The van der Waals surface area contributed by atoms with Crippen LogP contribution in [0.4, 0.5) is 10.6 Å². The fraction of sp³-hybridized carbons (Fsp3) is 0.700. The van der Waals surface area contributed by atoms with Crippen molar-refractivity contribution in [2.24, 2.45) is 5.92 Å². The molecule has 0 aliphatic carbocycles. The van der Waals surface area contributed by atoms with Crippen LogP contribution in [0.15, 0.2) is 23.2 Å². The Balaban J connectivity index is 1.33. The molecule has 0 spiro atoms. The number of sulfonamides is 1. The van der Waals surface area contributed by atoms with E-state index in [4.69, 9.17) is 9.47 Å². The van der Waals surface area contributed by atoms with Crippen LogP contribution in [0.25, 0.3) is 0 Å². The van der Waals surface area contributed by atoms with Crippen LogP contribution < -0.4 is 4.90 Å². The minimum atomic E-state index is -3.59. The number of ether oxygens (including phenoxy) is 2. The maximum absolute atomic E-state index is 13.0. The molecule has 4 rings (SSSR count). The number of hydrogen-bond donors (Lipinski definition) is 0. The predicted molar refractivity (Wildman–Crippen MR) is 111 cm³/mol. The molecule has 4 heterocycles. The molecule has 3 fully saturated rings. The number of carbonyl (C=O) groups excluding carboxylic acids is 1. The molecule has 0 radical (unpaired) electrons. The van der Waals surface area contributed by atoms with Gasteiger partial charge in [0, 0.05) is 45.1 Å². The predicted octanol–water partition coefficient (Wildman–Crippen LogP) is 1.55. The van der Waals surface area contributed by atoms with Crippen molar-refractivity contribution in [3.05, 3.63) is 18.3 Å². The second kappa shape index (κ2) is 9.17. The van der Waals surface area contributed by atoms with Gasteiger partial charge >= 0.3 is 6.09 Å². The van der Waals surface area contributed by atoms with Gasteiger partial charge in [0.25, 0.3) is 0 Å². The number of rotatable bonds is 6. The molecule has 3 aliphatic heterocycles. The third-order valence-electron chi connectivity index (χ3n) is 6.33. The minimum Gasteiger partial charge on any atom is -0.447 e. The first-order valence-electron chi connectivity index (χ1n) is 10.6. The van der Waals surface area contributed by atoms with E-state index in [1.54, 1.807) is 10.4 Å². The molecule has 30 heavy (non-hydrogen) atoms. The number of hydrogen-bond acceptors (Lipinski definition) is 7. The summed E-state index contributed by atoms with van der Waals surface area (Å²) in [5.74, 6) is 1.08. The van der Waals surface area contributed by atoms with Crippen LogP contribution in [-0.2, 0) is 19.5 Å². The van der Waals surface area contributed by atoms with Crippen molar-refractivity contribution in [2.45, 2.75) is 36.6 Å². The summed E-state index contributed by atoms with van der Waals surface area (Å²) in [7, 11) is -1.44. The number of anilines is 1. The molecule has 1 amide bonds. The van der Waals surface area contributed by atoms with Crippen molar-refractivity contribution in [2.75, 3.05) is 57.9 Å². The number of piperidine rings is 1. The van der Waals surface area contributed by atoms with Crippen LogP contribution in [0.3, 0.4) is 0 Å². The van der Waals surface area contributed by atoms with Crippen LogP contribution in [0.5, 0.6) is 0 Å². The maximum Gasteiger partial charge on any atom is 0.415 e. The van der Waals surface area contributed by atoms with Gasteiger partial charge in [-0.1, -0.05) is 0 Å². The Kier molecular flexibility index (Phi) is 6.57. The molecule has 9 nitrogen and oxygen atoms in total. The zero-order chi connectivity index (χ0) is 21.1. The van der Waals surface area contributed by atoms with Gasteiger partial charge in [-0.3, -0.25) is 4.90 Å². The highest BCUT2D eigenvalue weighted by atomic mass is 32.2. The maximum atomic E-state index is 13.0. The summed E-state index contributed by atoms with van der Waals surface area (Å²) < 4.78 is 37.9. The third kappa shape index (κ3) is 4.61. The van der Waals surface area contributed by atoms with Gasteiger partial charge in [-0.15, -0.1) is 0 Å². The molecule has 0 atom stereocenters. The van der Waals surface area contributed by atoms with Gasteiger partial charge in [-0.2, -0.15) is 4.31 Å². The molecule has 0 unspecified atom stereocenters. The number of nitrogens with zero attached hydrogens (tertiary/aromatic N) is 4. The largest absolute Gasteiger partial charge is 0.447 e. The van der Waals surface area contributed by atoms with Crippen molar-refractivity contribution < 1.29 is 22.7 Å². The van der Waals surface area contributed by atoms with E-state index in [2.05, 4.69) is 16.9 Å². The molecule has 166 valence electrons. The number of carbonyl (C=O) groups is 1. The van der Waals surface area contributed by atoms with Crippen molar-refractivity contribution in [3.8, 4) is 0 Å². The molecule has 3 saturated heterocycles. The highest BCUT2D eigenvalue weighted by Crippen LogP contribution is 2.25. The summed E-state index contributed by atoms with van der Waals surface area (Å²) in [4.78, 5) is 19.8. The molecule has 1 aromatic heterocycles. The Morgan fingerprint density at radius 2 is 1.83 bits per heavy atom. The fourth-order valence-electron chi connectivity index (χ4n) is 4.44. The average Bonchev–Trinajstić information content (AvgIpc) is 3.20. The van der Waals surface area contributed by atoms with E-state index >= 15 is 0 Å². The molecule has 3 aliphatic rings. The van der Waals surface area contributed by atoms with E-state index in [1.165, 1.54) is 17.2 Å². The molecule has 0 bridgehead atoms. The Morgan fingerprint density at radius 1 is 1.10 bits per heavy atom. The normalized spacial score (nSPS) is 22.6. The lowest BCUT2D eigenvalue weighted by molar-refractivity contribution is 0.0460. The molecular formula is C20H30N4O5S. The van der Waals surface area contributed by atoms with Crippen molar-refractivity contribution in [1.29, 1.82) is 0 Å². The van der Waals surface area contributed by atoms with Crippen LogP contribution in [0.2, 0.25) is 0 Å². The first kappa shape index (κ1) is 21.5. The molecule has 0 aromatic carbocycles. The Hall–Kier alpha value is -1.75. The smallest absolute Gasteiger partial charge is 0.415 e. The van der Waals surface area contributed by atoms with Crippen LogP contribution in [0, 0.1) is 5.92 Å². The zero-order valence-electron chi connectivity index (χ0n) is 17.4. The first-order chi connectivity index (χ1) is 14.4. The Labute approximate surface area is 178 Å². The highest BCUT2D eigenvalue weighted by molar-refractivity contribution is 7.89. The average molecular weight is 439 g/mol. The molecular weight excluding hydrogens is 408 g/mol. The van der Waals surface area contributed by atoms with Gasteiger partial charge in [-0.25, -0.2) is 18.2 Å². The van der Waals surface area contributed by atoms with E-state index in [-0.39, 0.29) is 4.90 Å². The molecule has 0 N–H and O–H groups in total. The lowest BCUT2D eigenvalue weighted by Gasteiger charge is -2.38. The van der Waals surface area contributed by atoms with E-state index in [0.29, 0.717) is 44.0 Å². The minimum absolute atomic E-state index is 0.160. The quantitative estimate of drug-likeness (QED) is 0.665. The van der Waals surface area contributed by atoms with Crippen LogP contribution >= 0.6 is 0 Å². The second-order valence-corrected chi connectivity index (χ2v) is 10.2. The molecule has 0 saturated carbocycles. The lowest BCUT2D eigenvalue weighted by atomic mass is 9.97. The second-order valence-electron chi connectivity index (χ2n) is 8.25. The van der Waals surface area contributed by atoms with E-state index in [0.717, 1.165) is 45.4 Å². The topological polar surface area (TPSA) is 92.3 Å². The van der Waals surface area contributed by atoms with Crippen molar-refractivity contribution in [3.63, 3.8) is 0 Å². The van der Waals surface area contributed by atoms with E-state index in [9.17, 15) is 13.2 Å². The number of cyclic esters (lactones) is 1. The van der Waals surface area contributed by atoms with Gasteiger partial charge in [0.1, 0.15) is 17.3 Å². The van der Waals surface area contributed by atoms with Gasteiger partial charge in [-0.05, 0) is 50.8 Å². The zero-order valence-corrected chi connectivity index (χ0v) is 18.2. The van der Waals surface area contributed by atoms with Crippen molar-refractivity contribution in [1.82, 2.24) is 14.2 Å². The molecule has 1 aromatic rings. The van der Waals surface area contributed by atoms with Gasteiger partial charge < -0.3 is 14.4 Å². The van der Waals surface area contributed by atoms with Gasteiger partial charge in [0.15, 0.2) is 0 Å². The number of amides is 1. The summed E-state index contributed by atoms with van der Waals surface area (Å²) in [6.07, 6.45) is 4.74.